The van der Waals surface area contributed by atoms with Gasteiger partial charge in [-0.05, 0) is 44.5 Å². The van der Waals surface area contributed by atoms with E-state index in [0.29, 0.717) is 17.1 Å². The van der Waals surface area contributed by atoms with E-state index in [4.69, 9.17) is 11.6 Å². The molecule has 1 aliphatic rings. The predicted molar refractivity (Wildman–Crippen MR) is 77.2 cm³/mol. The Labute approximate surface area is 124 Å². The highest BCUT2D eigenvalue weighted by Gasteiger charge is 2.45. The van der Waals surface area contributed by atoms with Gasteiger partial charge in [0.1, 0.15) is 5.54 Å². The van der Waals surface area contributed by atoms with Crippen LogP contribution in [0.1, 0.15) is 19.4 Å². The maximum atomic E-state index is 12.8. The Balaban J connectivity index is 2.52. The maximum absolute atomic E-state index is 12.8. The van der Waals surface area contributed by atoms with Gasteiger partial charge in [-0.15, -0.1) is 0 Å². The van der Waals surface area contributed by atoms with Crippen molar-refractivity contribution in [3.05, 3.63) is 28.8 Å². The Kier molecular flexibility index (Phi) is 3.83. The fraction of sp³-hybridized carbons (Fsp3) is 0.462. The summed E-state index contributed by atoms with van der Waals surface area (Å²) in [6.45, 7) is 5.46. The van der Waals surface area contributed by atoms with Crippen LogP contribution in [0.4, 0.5) is 0 Å². The standard InChI is InChI=1S/C13H17ClN2O3S/c1-9-8-10(14)4-5-11(9)20(18,19)16-7-6-15-12(17)13(16,2)3/h4-5,8H,6-7H2,1-3H3,(H,15,17). The summed E-state index contributed by atoms with van der Waals surface area (Å²) in [6.07, 6.45) is 0. The lowest BCUT2D eigenvalue weighted by Gasteiger charge is -2.40. The summed E-state index contributed by atoms with van der Waals surface area (Å²) < 4.78 is 26.8. The van der Waals surface area contributed by atoms with E-state index in [0.717, 1.165) is 0 Å². The average molecular weight is 317 g/mol. The third kappa shape index (κ3) is 2.43. The van der Waals surface area contributed by atoms with Crippen LogP contribution in [-0.2, 0) is 14.8 Å². The molecule has 5 nitrogen and oxygen atoms in total. The molecule has 1 fully saturated rings. The van der Waals surface area contributed by atoms with Crippen molar-refractivity contribution in [1.82, 2.24) is 9.62 Å². The quantitative estimate of drug-likeness (QED) is 0.900. The van der Waals surface area contributed by atoms with E-state index in [1.807, 2.05) is 0 Å². The van der Waals surface area contributed by atoms with Crippen LogP contribution >= 0.6 is 11.6 Å². The molecule has 1 saturated heterocycles. The van der Waals surface area contributed by atoms with Crippen LogP contribution in [-0.4, -0.2) is 37.3 Å². The number of sulfonamides is 1. The summed E-state index contributed by atoms with van der Waals surface area (Å²) in [5, 5.41) is 3.17. The molecule has 1 heterocycles. The van der Waals surface area contributed by atoms with Crippen LogP contribution < -0.4 is 5.32 Å². The summed E-state index contributed by atoms with van der Waals surface area (Å²) in [7, 11) is -3.74. The van der Waals surface area contributed by atoms with Crippen molar-refractivity contribution in [2.24, 2.45) is 0 Å². The molecule has 0 atom stereocenters. The van der Waals surface area contributed by atoms with Gasteiger partial charge in [-0.25, -0.2) is 8.42 Å². The highest BCUT2D eigenvalue weighted by atomic mass is 35.5. The Hall–Kier alpha value is -1.11. The van der Waals surface area contributed by atoms with Gasteiger partial charge in [0.05, 0.1) is 4.90 Å². The van der Waals surface area contributed by atoms with Crippen molar-refractivity contribution in [2.75, 3.05) is 13.1 Å². The van der Waals surface area contributed by atoms with Gasteiger partial charge in [-0.1, -0.05) is 11.6 Å². The third-order valence-electron chi connectivity index (χ3n) is 3.48. The predicted octanol–water partition coefficient (Wildman–Crippen LogP) is 1.55. The van der Waals surface area contributed by atoms with Crippen LogP contribution in [0, 0.1) is 6.92 Å². The molecule has 1 amide bonds. The van der Waals surface area contributed by atoms with Gasteiger partial charge < -0.3 is 5.32 Å². The molecule has 7 heteroatoms. The fourth-order valence-corrected chi connectivity index (χ4v) is 4.51. The van der Waals surface area contributed by atoms with Crippen molar-refractivity contribution < 1.29 is 13.2 Å². The van der Waals surface area contributed by atoms with Crippen LogP contribution in [0.2, 0.25) is 5.02 Å². The number of aryl methyl sites for hydroxylation is 1. The van der Waals surface area contributed by atoms with Gasteiger partial charge in [-0.3, -0.25) is 4.79 Å². The lowest BCUT2D eigenvalue weighted by molar-refractivity contribution is -0.131. The van der Waals surface area contributed by atoms with Crippen molar-refractivity contribution in [2.45, 2.75) is 31.2 Å². The minimum atomic E-state index is -3.74. The molecule has 0 aromatic heterocycles. The summed E-state index contributed by atoms with van der Waals surface area (Å²) in [4.78, 5) is 12.1. The zero-order chi connectivity index (χ0) is 15.1. The number of halogens is 1. The van der Waals surface area contributed by atoms with Crippen molar-refractivity contribution in [3.8, 4) is 0 Å². The topological polar surface area (TPSA) is 66.5 Å². The molecule has 1 aromatic carbocycles. The first-order valence-corrected chi connectivity index (χ1v) is 8.06. The molecular formula is C13H17ClN2O3S. The highest BCUT2D eigenvalue weighted by Crippen LogP contribution is 2.29. The molecule has 1 N–H and O–H groups in total. The maximum Gasteiger partial charge on any atom is 0.244 e. The number of piperazine rings is 1. The second-order valence-electron chi connectivity index (χ2n) is 5.30. The first-order chi connectivity index (χ1) is 9.17. The number of amides is 1. The van der Waals surface area contributed by atoms with Crippen LogP contribution in [0.15, 0.2) is 23.1 Å². The SMILES string of the molecule is Cc1cc(Cl)ccc1S(=O)(=O)N1CCNC(=O)C1(C)C. The third-order valence-corrected chi connectivity index (χ3v) is 5.95. The molecule has 110 valence electrons. The van der Waals surface area contributed by atoms with Gasteiger partial charge in [0.2, 0.25) is 15.9 Å². The highest BCUT2D eigenvalue weighted by molar-refractivity contribution is 7.89. The number of hydrogen-bond donors (Lipinski definition) is 1. The minimum absolute atomic E-state index is 0.185. The van der Waals surface area contributed by atoms with Gasteiger partial charge in [-0.2, -0.15) is 4.31 Å². The summed E-state index contributed by atoms with van der Waals surface area (Å²) in [5.74, 6) is -0.293. The summed E-state index contributed by atoms with van der Waals surface area (Å²) in [5.41, 5.74) is -0.539. The molecule has 1 aliphatic heterocycles. The number of nitrogens with one attached hydrogen (secondary N) is 1. The van der Waals surface area contributed by atoms with E-state index in [2.05, 4.69) is 5.32 Å². The smallest absolute Gasteiger partial charge is 0.244 e. The van der Waals surface area contributed by atoms with Gasteiger partial charge in [0.15, 0.2) is 0 Å². The van der Waals surface area contributed by atoms with Gasteiger partial charge in [0, 0.05) is 18.1 Å². The number of rotatable bonds is 2. The van der Waals surface area contributed by atoms with E-state index in [-0.39, 0.29) is 17.3 Å². The molecule has 0 unspecified atom stereocenters. The zero-order valence-electron chi connectivity index (χ0n) is 11.6. The molecule has 0 aliphatic carbocycles. The summed E-state index contributed by atoms with van der Waals surface area (Å²) >= 11 is 5.86. The molecule has 20 heavy (non-hydrogen) atoms. The normalized spacial score (nSPS) is 19.7. The van der Waals surface area contributed by atoms with Crippen LogP contribution in [0.5, 0.6) is 0 Å². The number of hydrogen-bond acceptors (Lipinski definition) is 3. The minimum Gasteiger partial charge on any atom is -0.353 e. The Morgan fingerprint density at radius 2 is 2.00 bits per heavy atom. The lowest BCUT2D eigenvalue weighted by atomic mass is 10.0. The van der Waals surface area contributed by atoms with Crippen molar-refractivity contribution >= 4 is 27.5 Å². The van der Waals surface area contributed by atoms with Crippen LogP contribution in [0.25, 0.3) is 0 Å². The number of benzene rings is 1. The lowest BCUT2D eigenvalue weighted by Crippen LogP contribution is -2.63. The first-order valence-electron chi connectivity index (χ1n) is 6.24. The number of carbonyl (C=O) groups is 1. The van der Waals surface area contributed by atoms with Crippen LogP contribution in [0.3, 0.4) is 0 Å². The van der Waals surface area contributed by atoms with E-state index in [1.54, 1.807) is 32.9 Å². The Morgan fingerprint density at radius 3 is 2.60 bits per heavy atom. The van der Waals surface area contributed by atoms with Crippen molar-refractivity contribution in [1.29, 1.82) is 0 Å². The monoisotopic (exact) mass is 316 g/mol. The first kappa shape index (κ1) is 15.3. The zero-order valence-corrected chi connectivity index (χ0v) is 13.2. The van der Waals surface area contributed by atoms with E-state index < -0.39 is 15.6 Å². The number of nitrogens with zero attached hydrogens (tertiary/aromatic N) is 1. The van der Waals surface area contributed by atoms with Crippen molar-refractivity contribution in [3.63, 3.8) is 0 Å². The fourth-order valence-electron chi connectivity index (χ4n) is 2.32. The Bertz CT molecular complexity index is 656. The second kappa shape index (κ2) is 5.02. The molecule has 2 rings (SSSR count). The largest absolute Gasteiger partial charge is 0.353 e. The molecule has 0 bridgehead atoms. The number of carbonyl (C=O) groups excluding carboxylic acids is 1. The summed E-state index contributed by atoms with van der Waals surface area (Å²) in [6, 6.07) is 4.62. The Morgan fingerprint density at radius 1 is 1.35 bits per heavy atom. The molecular weight excluding hydrogens is 300 g/mol. The molecule has 1 aromatic rings. The molecule has 0 radical (unpaired) electrons. The molecule has 0 saturated carbocycles. The van der Waals surface area contributed by atoms with Gasteiger partial charge in [0.25, 0.3) is 0 Å². The average Bonchev–Trinajstić information content (AvgIpc) is 2.31. The second-order valence-corrected chi connectivity index (χ2v) is 7.57. The van der Waals surface area contributed by atoms with E-state index in [1.165, 1.54) is 10.4 Å². The van der Waals surface area contributed by atoms with E-state index >= 15 is 0 Å². The molecule has 0 spiro atoms. The van der Waals surface area contributed by atoms with E-state index in [9.17, 15) is 13.2 Å². The van der Waals surface area contributed by atoms with Gasteiger partial charge >= 0.3 is 0 Å².